The number of rotatable bonds is 6. The molecule has 2 N–H and O–H groups in total. The van der Waals surface area contributed by atoms with E-state index in [1.807, 2.05) is 18.2 Å². The molecule has 2 aromatic rings. The molecule has 1 saturated carbocycles. The Kier molecular flexibility index (Phi) is 6.21. The first-order valence-corrected chi connectivity index (χ1v) is 10.7. The summed E-state index contributed by atoms with van der Waals surface area (Å²) in [7, 11) is 1.78. The van der Waals surface area contributed by atoms with E-state index >= 15 is 0 Å². The van der Waals surface area contributed by atoms with E-state index in [-0.39, 0.29) is 24.4 Å². The molecule has 0 spiro atoms. The van der Waals surface area contributed by atoms with Gasteiger partial charge in [-0.1, -0.05) is 36.4 Å². The minimum atomic E-state index is -0.493. The van der Waals surface area contributed by atoms with Crippen LogP contribution in [0.4, 0.5) is 0 Å². The summed E-state index contributed by atoms with van der Waals surface area (Å²) in [5.74, 6) is 0. The summed E-state index contributed by atoms with van der Waals surface area (Å²) < 4.78 is 11.7. The summed E-state index contributed by atoms with van der Waals surface area (Å²) in [5, 5.41) is 29.1. The molecule has 0 radical (unpaired) electrons. The lowest BCUT2D eigenvalue weighted by atomic mass is 9.74. The van der Waals surface area contributed by atoms with Gasteiger partial charge in [-0.3, -0.25) is 0 Å². The molecular formula is C25H29NO4. The van der Waals surface area contributed by atoms with Crippen LogP contribution in [0.25, 0.3) is 0 Å². The summed E-state index contributed by atoms with van der Waals surface area (Å²) in [5.41, 5.74) is 4.75. The van der Waals surface area contributed by atoms with Crippen LogP contribution in [0.5, 0.6) is 0 Å². The molecule has 0 aromatic heterocycles. The van der Waals surface area contributed by atoms with Gasteiger partial charge in [0.15, 0.2) is 0 Å². The number of benzene rings is 2. The van der Waals surface area contributed by atoms with Gasteiger partial charge < -0.3 is 19.7 Å². The van der Waals surface area contributed by atoms with Crippen LogP contribution in [-0.2, 0) is 21.5 Å². The van der Waals surface area contributed by atoms with E-state index in [2.05, 4.69) is 30.3 Å². The van der Waals surface area contributed by atoms with Gasteiger partial charge in [-0.05, 0) is 54.0 Å². The van der Waals surface area contributed by atoms with Crippen molar-refractivity contribution in [3.63, 3.8) is 0 Å². The third-order valence-corrected chi connectivity index (χ3v) is 6.63. The fourth-order valence-corrected chi connectivity index (χ4v) is 4.65. The molecule has 30 heavy (non-hydrogen) atoms. The zero-order valence-corrected chi connectivity index (χ0v) is 17.4. The number of hydrogen-bond acceptors (Lipinski definition) is 5. The van der Waals surface area contributed by atoms with Gasteiger partial charge in [-0.15, -0.1) is 0 Å². The second-order valence-corrected chi connectivity index (χ2v) is 8.51. The van der Waals surface area contributed by atoms with E-state index in [0.29, 0.717) is 24.8 Å². The van der Waals surface area contributed by atoms with E-state index in [1.165, 1.54) is 12.0 Å². The van der Waals surface area contributed by atoms with Crippen LogP contribution >= 0.6 is 0 Å². The van der Waals surface area contributed by atoms with Gasteiger partial charge in [0.1, 0.15) is 0 Å². The van der Waals surface area contributed by atoms with Crippen LogP contribution in [0, 0.1) is 11.3 Å². The zero-order chi connectivity index (χ0) is 21.1. The maximum atomic E-state index is 10.1. The molecule has 3 atom stereocenters. The third-order valence-electron chi connectivity index (χ3n) is 6.63. The highest BCUT2D eigenvalue weighted by molar-refractivity contribution is 5.44. The van der Waals surface area contributed by atoms with Gasteiger partial charge >= 0.3 is 0 Å². The molecule has 5 heteroatoms. The molecular weight excluding hydrogens is 378 g/mol. The summed E-state index contributed by atoms with van der Waals surface area (Å²) in [6.45, 7) is -0.105. The van der Waals surface area contributed by atoms with E-state index in [0.717, 1.165) is 29.5 Å². The van der Waals surface area contributed by atoms with E-state index < -0.39 is 6.10 Å². The number of aliphatic hydroxyl groups is 2. The fourth-order valence-electron chi connectivity index (χ4n) is 4.65. The number of nitrogens with zero attached hydrogens (tertiary/aromatic N) is 1. The monoisotopic (exact) mass is 407 g/mol. The SMILES string of the molecule is COC1(c2ccc(Cc3cc([C@H]4C[C@@H](O)C[C@@H](CO)O4)ccc3C#N)cc2)CCC1. The Bertz CT molecular complexity index is 908. The van der Waals surface area contributed by atoms with E-state index in [1.54, 1.807) is 7.11 Å². The van der Waals surface area contributed by atoms with E-state index in [9.17, 15) is 15.5 Å². The van der Waals surface area contributed by atoms with Crippen molar-refractivity contribution in [1.29, 1.82) is 5.26 Å². The molecule has 158 valence electrons. The Morgan fingerprint density at radius 1 is 1.17 bits per heavy atom. The number of methoxy groups -OCH3 is 1. The molecule has 5 nitrogen and oxygen atoms in total. The Hall–Kier alpha value is -2.23. The van der Waals surface area contributed by atoms with Gasteiger partial charge in [-0.2, -0.15) is 5.26 Å². The smallest absolute Gasteiger partial charge is 0.0994 e. The highest BCUT2D eigenvalue weighted by atomic mass is 16.5. The molecule has 2 aliphatic rings. The van der Waals surface area contributed by atoms with Crippen LogP contribution < -0.4 is 0 Å². The molecule has 2 fully saturated rings. The second-order valence-electron chi connectivity index (χ2n) is 8.51. The molecule has 4 rings (SSSR count). The van der Waals surface area contributed by atoms with E-state index in [4.69, 9.17) is 9.47 Å². The van der Waals surface area contributed by atoms with Crippen molar-refractivity contribution in [2.24, 2.45) is 0 Å². The van der Waals surface area contributed by atoms with Crippen molar-refractivity contribution in [2.45, 2.75) is 62.4 Å². The van der Waals surface area contributed by atoms with Gasteiger partial charge in [0.25, 0.3) is 0 Å². The van der Waals surface area contributed by atoms with Crippen molar-refractivity contribution in [3.8, 4) is 6.07 Å². The number of ether oxygens (including phenoxy) is 2. The lowest BCUT2D eigenvalue weighted by Gasteiger charge is -2.41. The van der Waals surface area contributed by atoms with Gasteiger partial charge in [-0.25, -0.2) is 0 Å². The van der Waals surface area contributed by atoms with Crippen LogP contribution in [0.15, 0.2) is 42.5 Å². The largest absolute Gasteiger partial charge is 0.394 e. The molecule has 1 aliphatic carbocycles. The summed E-state index contributed by atoms with van der Waals surface area (Å²) in [4.78, 5) is 0. The third kappa shape index (κ3) is 4.14. The minimum Gasteiger partial charge on any atom is -0.394 e. The van der Waals surface area contributed by atoms with Crippen molar-refractivity contribution >= 4 is 0 Å². The quantitative estimate of drug-likeness (QED) is 0.762. The summed E-state index contributed by atoms with van der Waals surface area (Å²) >= 11 is 0. The molecule has 0 amide bonds. The first-order chi connectivity index (χ1) is 14.6. The Labute approximate surface area is 177 Å². The van der Waals surface area contributed by atoms with Crippen molar-refractivity contribution in [3.05, 3.63) is 70.3 Å². The van der Waals surface area contributed by atoms with Crippen molar-refractivity contribution in [2.75, 3.05) is 13.7 Å². The average Bonchev–Trinajstić information content (AvgIpc) is 2.74. The first-order valence-electron chi connectivity index (χ1n) is 10.7. The van der Waals surface area contributed by atoms with Crippen LogP contribution in [0.1, 0.15) is 66.0 Å². The van der Waals surface area contributed by atoms with Crippen molar-refractivity contribution in [1.82, 2.24) is 0 Å². The molecule has 1 saturated heterocycles. The second kappa shape index (κ2) is 8.87. The van der Waals surface area contributed by atoms with Gasteiger partial charge in [0, 0.05) is 20.0 Å². The van der Waals surface area contributed by atoms with Crippen LogP contribution in [0.3, 0.4) is 0 Å². The average molecular weight is 408 g/mol. The fraction of sp³-hybridized carbons (Fsp3) is 0.480. The molecule has 0 bridgehead atoms. The summed E-state index contributed by atoms with van der Waals surface area (Å²) in [6, 6.07) is 16.5. The Balaban J connectivity index is 1.55. The van der Waals surface area contributed by atoms with Gasteiger partial charge in [0.2, 0.25) is 0 Å². The van der Waals surface area contributed by atoms with Crippen LogP contribution in [-0.4, -0.2) is 36.1 Å². The molecule has 0 unspecified atom stereocenters. The zero-order valence-electron chi connectivity index (χ0n) is 17.4. The highest BCUT2D eigenvalue weighted by Crippen LogP contribution is 2.44. The number of hydrogen-bond donors (Lipinski definition) is 2. The van der Waals surface area contributed by atoms with Crippen LogP contribution in [0.2, 0.25) is 0 Å². The lowest BCUT2D eigenvalue weighted by molar-refractivity contribution is -0.113. The van der Waals surface area contributed by atoms with Gasteiger partial charge in [0.05, 0.1) is 42.2 Å². The first kappa shape index (κ1) is 21.0. The standard InChI is InChI=1S/C25H29NO4/c1-29-25(9-2-10-25)21-7-3-17(4-8-21)11-20-12-18(5-6-19(20)15-26)24-14-22(28)13-23(16-27)30-24/h3-8,12,22-24,27-28H,2,9-11,13-14,16H2,1H3/t22-,23-,24+/m0/s1. The highest BCUT2D eigenvalue weighted by Gasteiger charge is 2.38. The topological polar surface area (TPSA) is 82.7 Å². The molecule has 1 heterocycles. The predicted octanol–water partition coefficient (Wildman–Crippen LogP) is 3.75. The lowest BCUT2D eigenvalue weighted by Crippen LogP contribution is -2.35. The molecule has 1 aliphatic heterocycles. The van der Waals surface area contributed by atoms with Crippen molar-refractivity contribution < 1.29 is 19.7 Å². The number of nitriles is 1. The Morgan fingerprint density at radius 3 is 2.53 bits per heavy atom. The predicted molar refractivity (Wildman–Crippen MR) is 113 cm³/mol. The maximum Gasteiger partial charge on any atom is 0.0994 e. The number of aliphatic hydroxyl groups excluding tert-OH is 2. The summed E-state index contributed by atoms with van der Waals surface area (Å²) in [6.07, 6.45) is 3.79. The molecule has 2 aromatic carbocycles. The maximum absolute atomic E-state index is 10.1. The minimum absolute atomic E-state index is 0.105. The Morgan fingerprint density at radius 2 is 1.93 bits per heavy atom. The normalized spacial score (nSPS) is 25.3.